The number of aromatic nitrogens is 4. The van der Waals surface area contributed by atoms with E-state index in [0.29, 0.717) is 11.4 Å². The van der Waals surface area contributed by atoms with E-state index in [1.54, 1.807) is 11.8 Å². The minimum absolute atomic E-state index is 0.0348. The number of fused-ring (bicyclic) bond motifs is 1. The molecule has 0 aliphatic rings. The van der Waals surface area contributed by atoms with Crippen LogP contribution >= 0.6 is 23.4 Å². The molecular weight excluding hydrogens is 430 g/mol. The summed E-state index contributed by atoms with van der Waals surface area (Å²) in [7, 11) is 0. The van der Waals surface area contributed by atoms with Crippen LogP contribution in [0.2, 0.25) is 5.02 Å². The fourth-order valence-corrected chi connectivity index (χ4v) is 4.26. The summed E-state index contributed by atoms with van der Waals surface area (Å²) >= 11 is 7.81. The summed E-state index contributed by atoms with van der Waals surface area (Å²) in [5, 5.41) is 12.5. The Balaban J connectivity index is 1.56. The number of hydrogen-bond donors (Lipinski definition) is 1. The summed E-state index contributed by atoms with van der Waals surface area (Å²) in [6.45, 7) is 0. The van der Waals surface area contributed by atoms with Crippen molar-refractivity contribution in [1.82, 2.24) is 24.5 Å². The Labute approximate surface area is 190 Å². The van der Waals surface area contributed by atoms with Crippen LogP contribution in [0.15, 0.2) is 73.2 Å². The predicted octanol–water partition coefficient (Wildman–Crippen LogP) is 4.77. The Morgan fingerprint density at radius 1 is 1.06 bits per heavy atom. The molecule has 0 fully saturated rings. The molecule has 1 aromatic carbocycles. The second-order valence-electron chi connectivity index (χ2n) is 7.29. The highest BCUT2D eigenvalue weighted by molar-refractivity contribution is 7.98. The maximum Gasteiger partial charge on any atom is 0.223 e. The lowest BCUT2D eigenvalue weighted by atomic mass is 10.0. The van der Waals surface area contributed by atoms with E-state index >= 15 is 0 Å². The smallest absolute Gasteiger partial charge is 0.223 e. The maximum absolute atomic E-state index is 13.2. The monoisotopic (exact) mass is 453 g/mol. The Morgan fingerprint density at radius 2 is 1.81 bits per heavy atom. The van der Waals surface area contributed by atoms with Crippen LogP contribution in [0.3, 0.4) is 0 Å². The number of halogens is 1. The van der Waals surface area contributed by atoms with Crippen molar-refractivity contribution < 1.29 is 4.79 Å². The van der Waals surface area contributed by atoms with Gasteiger partial charge in [0.1, 0.15) is 0 Å². The third-order valence-corrected chi connectivity index (χ3v) is 6.11. The van der Waals surface area contributed by atoms with Crippen molar-refractivity contribution in [2.75, 3.05) is 12.0 Å². The number of pyridine rings is 1. The van der Waals surface area contributed by atoms with Crippen molar-refractivity contribution in [2.45, 2.75) is 24.9 Å². The van der Waals surface area contributed by atoms with E-state index in [1.807, 2.05) is 82.2 Å². The van der Waals surface area contributed by atoms with Gasteiger partial charge in [-0.15, -0.1) is 10.2 Å². The molecule has 2 atom stereocenters. The van der Waals surface area contributed by atoms with Crippen LogP contribution < -0.4 is 5.32 Å². The number of thioether (sulfide) groups is 1. The van der Waals surface area contributed by atoms with Gasteiger partial charge in [0.05, 0.1) is 18.5 Å². The topological polar surface area (TPSA) is 64.2 Å². The van der Waals surface area contributed by atoms with Crippen molar-refractivity contribution in [1.29, 1.82) is 0 Å². The number of hydrogen-bond acceptors (Lipinski definition) is 4. The summed E-state index contributed by atoms with van der Waals surface area (Å²) in [5.74, 6) is 1.62. The summed E-state index contributed by atoms with van der Waals surface area (Å²) in [4.78, 5) is 13.2. The van der Waals surface area contributed by atoms with Crippen molar-refractivity contribution in [3.05, 3.63) is 89.6 Å². The molecule has 4 rings (SSSR count). The minimum Gasteiger partial charge on any atom is -0.346 e. The molecule has 0 unspecified atom stereocenters. The van der Waals surface area contributed by atoms with Gasteiger partial charge in [-0.25, -0.2) is 0 Å². The summed E-state index contributed by atoms with van der Waals surface area (Å²) in [5.41, 5.74) is 1.80. The summed E-state index contributed by atoms with van der Waals surface area (Å²) in [6.07, 6.45) is 9.02. The number of amides is 1. The molecule has 0 aliphatic heterocycles. The molecule has 0 radical (unpaired) electrons. The Bertz CT molecular complexity index is 1130. The highest BCUT2D eigenvalue weighted by Crippen LogP contribution is 2.25. The second-order valence-corrected chi connectivity index (χ2v) is 8.71. The van der Waals surface area contributed by atoms with E-state index in [9.17, 15) is 4.79 Å². The fraction of sp³-hybridized carbons (Fsp3) is 0.261. The molecule has 31 heavy (non-hydrogen) atoms. The van der Waals surface area contributed by atoms with Gasteiger partial charge in [-0.1, -0.05) is 29.8 Å². The third kappa shape index (κ3) is 5.11. The Kier molecular flexibility index (Phi) is 6.94. The van der Waals surface area contributed by atoms with Crippen LogP contribution in [-0.4, -0.2) is 37.1 Å². The number of benzene rings is 1. The average Bonchev–Trinajstić information content (AvgIpc) is 3.46. The van der Waals surface area contributed by atoms with Gasteiger partial charge in [0.2, 0.25) is 5.91 Å². The fourth-order valence-electron chi connectivity index (χ4n) is 3.66. The first-order chi connectivity index (χ1) is 15.2. The molecule has 0 spiro atoms. The van der Waals surface area contributed by atoms with E-state index in [1.165, 1.54) is 0 Å². The molecule has 4 aromatic rings. The van der Waals surface area contributed by atoms with Crippen LogP contribution in [0.5, 0.6) is 0 Å². The number of nitrogens with one attached hydrogen (secondary N) is 1. The van der Waals surface area contributed by atoms with Crippen LogP contribution in [-0.2, 0) is 4.79 Å². The lowest BCUT2D eigenvalue weighted by Gasteiger charge is -2.22. The highest BCUT2D eigenvalue weighted by Gasteiger charge is 2.23. The molecule has 8 heteroatoms. The zero-order valence-corrected chi connectivity index (χ0v) is 18.8. The van der Waals surface area contributed by atoms with E-state index in [-0.39, 0.29) is 18.0 Å². The lowest BCUT2D eigenvalue weighted by molar-refractivity contribution is -0.122. The lowest BCUT2D eigenvalue weighted by Crippen LogP contribution is -2.32. The van der Waals surface area contributed by atoms with Gasteiger partial charge in [-0.05, 0) is 60.4 Å². The zero-order valence-electron chi connectivity index (χ0n) is 17.2. The molecule has 160 valence electrons. The van der Waals surface area contributed by atoms with Crippen molar-refractivity contribution in [3.63, 3.8) is 0 Å². The van der Waals surface area contributed by atoms with E-state index in [0.717, 1.165) is 29.2 Å². The molecule has 1 amide bonds. The van der Waals surface area contributed by atoms with Crippen molar-refractivity contribution in [3.8, 4) is 0 Å². The highest BCUT2D eigenvalue weighted by atomic mass is 35.5. The number of carbonyl (C=O) groups excluding carboxylic acids is 1. The second kappa shape index (κ2) is 10.0. The first-order valence-electron chi connectivity index (χ1n) is 10.1. The van der Waals surface area contributed by atoms with Gasteiger partial charge in [-0.3, -0.25) is 9.20 Å². The molecule has 3 aromatic heterocycles. The van der Waals surface area contributed by atoms with E-state index < -0.39 is 0 Å². The van der Waals surface area contributed by atoms with Crippen LogP contribution in [0.1, 0.15) is 36.3 Å². The maximum atomic E-state index is 13.2. The van der Waals surface area contributed by atoms with Crippen LogP contribution in [0.25, 0.3) is 5.65 Å². The normalized spacial score (nSPS) is 13.2. The zero-order chi connectivity index (χ0) is 21.6. The van der Waals surface area contributed by atoms with Gasteiger partial charge in [0.25, 0.3) is 0 Å². The van der Waals surface area contributed by atoms with Gasteiger partial charge in [0, 0.05) is 23.6 Å². The van der Waals surface area contributed by atoms with Gasteiger partial charge < -0.3 is 9.88 Å². The summed E-state index contributed by atoms with van der Waals surface area (Å²) < 4.78 is 3.99. The quantitative estimate of drug-likeness (QED) is 0.396. The summed E-state index contributed by atoms with van der Waals surface area (Å²) in [6, 6.07) is 17.0. The molecule has 1 N–H and O–H groups in total. The average molecular weight is 454 g/mol. The van der Waals surface area contributed by atoms with Crippen LogP contribution in [0.4, 0.5) is 0 Å². The molecule has 6 nitrogen and oxygen atoms in total. The van der Waals surface area contributed by atoms with E-state index in [2.05, 4.69) is 21.8 Å². The molecule has 0 bridgehead atoms. The molecule has 0 aliphatic carbocycles. The number of rotatable bonds is 9. The standard InChI is InChI=1S/C23H24ClN5OS/c1-31-15-11-19(23-27-26-21-6-2-3-14-29(21)23)25-22(30)16-20(28-12-4-5-13-28)17-7-9-18(24)10-8-17/h2-10,12-14,19-20H,11,15-16H2,1H3,(H,25,30)/t19-,20-/m0/s1. The largest absolute Gasteiger partial charge is 0.346 e. The molecule has 3 heterocycles. The van der Waals surface area contributed by atoms with Gasteiger partial charge in [-0.2, -0.15) is 11.8 Å². The Hall–Kier alpha value is -2.77. The number of nitrogens with zero attached hydrogens (tertiary/aromatic N) is 4. The van der Waals surface area contributed by atoms with Gasteiger partial charge >= 0.3 is 0 Å². The van der Waals surface area contributed by atoms with E-state index in [4.69, 9.17) is 11.6 Å². The SMILES string of the molecule is CSCC[C@H](NC(=O)C[C@@H](c1ccc(Cl)cc1)n1cccc1)c1nnc2ccccn12. The third-order valence-electron chi connectivity index (χ3n) is 5.22. The van der Waals surface area contributed by atoms with Crippen LogP contribution in [0, 0.1) is 0 Å². The first-order valence-corrected chi connectivity index (χ1v) is 11.9. The molecule has 0 saturated carbocycles. The van der Waals surface area contributed by atoms with Crippen molar-refractivity contribution >= 4 is 34.9 Å². The minimum atomic E-state index is -0.215. The Morgan fingerprint density at radius 3 is 2.55 bits per heavy atom. The molecular formula is C23H24ClN5OS. The van der Waals surface area contributed by atoms with Gasteiger partial charge in [0.15, 0.2) is 11.5 Å². The molecule has 0 saturated heterocycles. The van der Waals surface area contributed by atoms with Crippen molar-refractivity contribution in [2.24, 2.45) is 0 Å². The first kappa shape index (κ1) is 21.5. The number of carbonyl (C=O) groups is 1. The predicted molar refractivity (Wildman–Crippen MR) is 126 cm³/mol.